The van der Waals surface area contributed by atoms with E-state index in [-0.39, 0.29) is 11.7 Å². The van der Waals surface area contributed by atoms with Gasteiger partial charge in [0.1, 0.15) is 5.82 Å². The molecule has 2 heterocycles. The summed E-state index contributed by atoms with van der Waals surface area (Å²) >= 11 is 0. The fourth-order valence-corrected chi connectivity index (χ4v) is 2.04. The summed E-state index contributed by atoms with van der Waals surface area (Å²) in [6.45, 7) is 0. The highest BCUT2D eigenvalue weighted by molar-refractivity contribution is 5.79. The lowest BCUT2D eigenvalue weighted by Gasteiger charge is -2.03. The van der Waals surface area contributed by atoms with Gasteiger partial charge >= 0.3 is 0 Å². The molecule has 5 heteroatoms. The highest BCUT2D eigenvalue weighted by Crippen LogP contribution is 2.15. The van der Waals surface area contributed by atoms with Crippen LogP contribution in [0.4, 0.5) is 4.39 Å². The van der Waals surface area contributed by atoms with E-state index >= 15 is 0 Å². The lowest BCUT2D eigenvalue weighted by molar-refractivity contribution is 0.0887. The van der Waals surface area contributed by atoms with E-state index in [1.165, 1.54) is 16.8 Å². The van der Waals surface area contributed by atoms with Crippen LogP contribution in [0.3, 0.4) is 0 Å². The number of aromatic nitrogens is 3. The second kappa shape index (κ2) is 5.21. The Bertz CT molecular complexity index is 753. The highest BCUT2D eigenvalue weighted by atomic mass is 19.1. The number of pyridine rings is 1. The molecule has 0 saturated carbocycles. The van der Waals surface area contributed by atoms with Crippen LogP contribution >= 0.6 is 0 Å². The summed E-state index contributed by atoms with van der Waals surface area (Å²) in [4.78, 5) is 16.2. The third-order valence-corrected chi connectivity index (χ3v) is 3.06. The van der Waals surface area contributed by atoms with Crippen molar-refractivity contribution < 1.29 is 9.18 Å². The van der Waals surface area contributed by atoms with Crippen LogP contribution < -0.4 is 0 Å². The van der Waals surface area contributed by atoms with Crippen LogP contribution in [-0.2, 0) is 6.42 Å². The molecule has 0 radical (unpaired) electrons. The molecule has 0 aliphatic heterocycles. The van der Waals surface area contributed by atoms with Gasteiger partial charge in [-0.3, -0.25) is 9.78 Å². The Balaban J connectivity index is 1.75. The number of carbonyl (C=O) groups is 1. The number of hydrogen-bond donors (Lipinski definition) is 0. The van der Waals surface area contributed by atoms with Crippen molar-refractivity contribution in [2.24, 2.45) is 0 Å². The van der Waals surface area contributed by atoms with Gasteiger partial charge in [0.05, 0.1) is 5.52 Å². The Morgan fingerprint density at radius 3 is 2.95 bits per heavy atom. The molecule has 0 bridgehead atoms. The molecular weight excluding hydrogens is 257 g/mol. The van der Waals surface area contributed by atoms with Crippen molar-refractivity contribution in [1.29, 1.82) is 0 Å². The fraction of sp³-hybridized carbons (Fsp3) is 0.133. The molecular formula is C15H12FN3O. The number of hydrogen-bond acceptors (Lipinski definition) is 3. The van der Waals surface area contributed by atoms with Gasteiger partial charge in [0, 0.05) is 29.9 Å². The Labute approximate surface area is 114 Å². The van der Waals surface area contributed by atoms with Crippen LogP contribution in [-0.4, -0.2) is 20.7 Å². The molecule has 0 aliphatic carbocycles. The van der Waals surface area contributed by atoms with Crippen LogP contribution in [0.25, 0.3) is 10.9 Å². The first-order valence-corrected chi connectivity index (χ1v) is 6.30. The van der Waals surface area contributed by atoms with Gasteiger partial charge in [0.2, 0.25) is 5.91 Å². The quantitative estimate of drug-likeness (QED) is 0.734. The van der Waals surface area contributed by atoms with Gasteiger partial charge in [-0.1, -0.05) is 6.07 Å². The predicted octanol–water partition coefficient (Wildman–Crippen LogP) is 2.84. The van der Waals surface area contributed by atoms with Crippen molar-refractivity contribution in [3.8, 4) is 0 Å². The van der Waals surface area contributed by atoms with E-state index < -0.39 is 0 Å². The largest absolute Gasteiger partial charge is 0.273 e. The van der Waals surface area contributed by atoms with E-state index in [1.54, 1.807) is 24.5 Å². The summed E-state index contributed by atoms with van der Waals surface area (Å²) < 4.78 is 14.4. The minimum atomic E-state index is -0.277. The molecule has 0 atom stereocenters. The first-order valence-electron chi connectivity index (χ1n) is 6.30. The molecule has 100 valence electrons. The molecule has 0 amide bonds. The zero-order valence-corrected chi connectivity index (χ0v) is 10.7. The second-order valence-electron chi connectivity index (χ2n) is 4.48. The normalized spacial score (nSPS) is 10.8. The van der Waals surface area contributed by atoms with Crippen LogP contribution in [0.1, 0.15) is 16.9 Å². The van der Waals surface area contributed by atoms with Crippen molar-refractivity contribution >= 4 is 16.8 Å². The van der Waals surface area contributed by atoms with Crippen molar-refractivity contribution in [2.75, 3.05) is 0 Å². The first kappa shape index (κ1) is 12.5. The zero-order valence-electron chi connectivity index (χ0n) is 10.7. The molecule has 2 aromatic heterocycles. The summed E-state index contributed by atoms with van der Waals surface area (Å²) in [5.74, 6) is -0.350. The molecule has 0 saturated heterocycles. The molecule has 0 aliphatic rings. The molecule has 3 aromatic rings. The summed E-state index contributed by atoms with van der Waals surface area (Å²) in [7, 11) is 0. The number of fused-ring (bicyclic) bond motifs is 1. The molecule has 0 spiro atoms. The molecule has 0 unspecified atom stereocenters. The lowest BCUT2D eigenvalue weighted by Crippen LogP contribution is -2.12. The molecule has 20 heavy (non-hydrogen) atoms. The summed E-state index contributed by atoms with van der Waals surface area (Å²) in [5, 5.41) is 4.65. The molecule has 0 N–H and O–H groups in total. The second-order valence-corrected chi connectivity index (χ2v) is 4.48. The van der Waals surface area contributed by atoms with Gasteiger partial charge in [-0.25, -0.2) is 9.07 Å². The molecule has 4 nitrogen and oxygen atoms in total. The summed E-state index contributed by atoms with van der Waals surface area (Å²) in [6.07, 6.45) is 4.06. The maximum absolute atomic E-state index is 13.1. The van der Waals surface area contributed by atoms with Crippen LogP contribution in [0.2, 0.25) is 0 Å². The number of carbonyl (C=O) groups excluding carboxylic acids is 1. The van der Waals surface area contributed by atoms with Crippen LogP contribution in [0, 0.1) is 5.82 Å². The van der Waals surface area contributed by atoms with Gasteiger partial charge in [0.25, 0.3) is 0 Å². The standard InChI is InChI=1S/C15H12FN3O/c16-12-3-6-14-11(10-12)2-4-13(18-14)5-7-15(20)19-9-1-8-17-19/h1-4,6,8-10H,5,7H2. The summed E-state index contributed by atoms with van der Waals surface area (Å²) in [6, 6.07) is 9.82. The van der Waals surface area contributed by atoms with Crippen molar-refractivity contribution in [2.45, 2.75) is 12.8 Å². The Kier molecular flexibility index (Phi) is 3.25. The predicted molar refractivity (Wildman–Crippen MR) is 72.9 cm³/mol. The Morgan fingerprint density at radius 1 is 1.25 bits per heavy atom. The number of halogens is 1. The maximum Gasteiger partial charge on any atom is 0.247 e. The van der Waals surface area contributed by atoms with Crippen molar-refractivity contribution in [3.05, 3.63) is 60.3 Å². The smallest absolute Gasteiger partial charge is 0.247 e. The topological polar surface area (TPSA) is 47.8 Å². The van der Waals surface area contributed by atoms with E-state index in [2.05, 4.69) is 10.1 Å². The average molecular weight is 269 g/mol. The number of nitrogens with zero attached hydrogens (tertiary/aromatic N) is 3. The number of aryl methyl sites for hydroxylation is 1. The third kappa shape index (κ3) is 2.56. The zero-order chi connectivity index (χ0) is 13.9. The van der Waals surface area contributed by atoms with Gasteiger partial charge in [-0.15, -0.1) is 0 Å². The van der Waals surface area contributed by atoms with E-state index in [0.29, 0.717) is 12.8 Å². The Hall–Kier alpha value is -2.56. The first-order chi connectivity index (χ1) is 9.72. The van der Waals surface area contributed by atoms with Gasteiger partial charge in [-0.05, 0) is 36.8 Å². The molecule has 0 fully saturated rings. The van der Waals surface area contributed by atoms with E-state index in [4.69, 9.17) is 0 Å². The van der Waals surface area contributed by atoms with Crippen LogP contribution in [0.5, 0.6) is 0 Å². The minimum absolute atomic E-state index is 0.0731. The minimum Gasteiger partial charge on any atom is -0.273 e. The monoisotopic (exact) mass is 269 g/mol. The number of benzene rings is 1. The number of rotatable bonds is 3. The van der Waals surface area contributed by atoms with E-state index in [0.717, 1.165) is 16.6 Å². The van der Waals surface area contributed by atoms with E-state index in [1.807, 2.05) is 12.1 Å². The van der Waals surface area contributed by atoms with Crippen molar-refractivity contribution in [3.63, 3.8) is 0 Å². The fourth-order valence-electron chi connectivity index (χ4n) is 2.04. The van der Waals surface area contributed by atoms with Gasteiger partial charge in [-0.2, -0.15) is 5.10 Å². The average Bonchev–Trinajstić information content (AvgIpc) is 2.99. The van der Waals surface area contributed by atoms with E-state index in [9.17, 15) is 9.18 Å². The lowest BCUT2D eigenvalue weighted by atomic mass is 10.1. The Morgan fingerprint density at radius 2 is 2.15 bits per heavy atom. The molecule has 3 rings (SSSR count). The molecule has 1 aromatic carbocycles. The van der Waals surface area contributed by atoms with Gasteiger partial charge in [0.15, 0.2) is 0 Å². The van der Waals surface area contributed by atoms with Crippen LogP contribution in [0.15, 0.2) is 48.8 Å². The van der Waals surface area contributed by atoms with Gasteiger partial charge < -0.3 is 0 Å². The highest BCUT2D eigenvalue weighted by Gasteiger charge is 2.06. The SMILES string of the molecule is O=C(CCc1ccc2cc(F)ccc2n1)n1cccn1. The summed E-state index contributed by atoms with van der Waals surface area (Å²) in [5.41, 5.74) is 1.54. The van der Waals surface area contributed by atoms with Crippen molar-refractivity contribution in [1.82, 2.24) is 14.8 Å². The third-order valence-electron chi connectivity index (χ3n) is 3.06. The maximum atomic E-state index is 13.1.